The number of hydrogen-bond donors (Lipinski definition) is 2. The van der Waals surface area contributed by atoms with Gasteiger partial charge in [-0.15, -0.1) is 9.73 Å². The summed E-state index contributed by atoms with van der Waals surface area (Å²) in [5.74, 6) is 0.226. The van der Waals surface area contributed by atoms with E-state index in [1.165, 1.54) is 11.6 Å². The molecular weight excluding hydrogens is 449 g/mol. The van der Waals surface area contributed by atoms with E-state index in [1.54, 1.807) is 24.3 Å². The number of benzene rings is 2. The molecule has 0 saturated carbocycles. The molecule has 0 radical (unpaired) electrons. The Labute approximate surface area is 194 Å². The van der Waals surface area contributed by atoms with E-state index in [2.05, 4.69) is 36.3 Å². The van der Waals surface area contributed by atoms with Crippen LogP contribution in [0.2, 0.25) is 10.0 Å². The lowest BCUT2D eigenvalue weighted by atomic mass is 9.91. The van der Waals surface area contributed by atoms with Crippen molar-refractivity contribution in [3.05, 3.63) is 62.9 Å². The number of fused-ring (bicyclic) bond motifs is 1. The summed E-state index contributed by atoms with van der Waals surface area (Å²) >= 11 is 12.2. The molecule has 1 amide bonds. The maximum Gasteiger partial charge on any atom is 0.221 e. The zero-order valence-electron chi connectivity index (χ0n) is 17.9. The summed E-state index contributed by atoms with van der Waals surface area (Å²) in [7, 11) is 0. The van der Waals surface area contributed by atoms with Crippen molar-refractivity contribution in [1.29, 1.82) is 0 Å². The highest BCUT2D eigenvalue weighted by molar-refractivity contribution is 6.37. The van der Waals surface area contributed by atoms with Gasteiger partial charge < -0.3 is 10.4 Å². The van der Waals surface area contributed by atoms with E-state index in [0.29, 0.717) is 22.7 Å². The van der Waals surface area contributed by atoms with Crippen LogP contribution in [0.3, 0.4) is 0 Å². The molecule has 0 bridgehead atoms. The standard InChI is InChI=1S/C23H21Cl2N5O2/c1-12(31)26-15-7-5-14(6-8-15)21-27-22-16(20(23(2,3)4)28-30(22)29-21)9-13-10-17(24)19(32)18(25)11-13/h5-11,32H,1-4H3,(H,26,31). The molecule has 2 aromatic carbocycles. The van der Waals surface area contributed by atoms with Crippen LogP contribution in [0, 0.1) is 0 Å². The Balaban J connectivity index is 1.86. The second-order valence-electron chi connectivity index (χ2n) is 8.50. The molecule has 7 nitrogen and oxygen atoms in total. The van der Waals surface area contributed by atoms with Gasteiger partial charge in [0.25, 0.3) is 0 Å². The molecule has 32 heavy (non-hydrogen) atoms. The smallest absolute Gasteiger partial charge is 0.221 e. The Hall–Kier alpha value is -3.16. The number of carbonyl (C=O) groups excluding carboxylic acids is 1. The van der Waals surface area contributed by atoms with Crippen LogP contribution in [-0.2, 0) is 10.2 Å². The van der Waals surface area contributed by atoms with Crippen LogP contribution < -0.4 is 10.5 Å². The van der Waals surface area contributed by atoms with E-state index in [0.717, 1.165) is 16.5 Å². The summed E-state index contributed by atoms with van der Waals surface area (Å²) in [4.78, 5) is 16.0. The third-order valence-electron chi connectivity index (χ3n) is 4.81. The molecule has 0 aliphatic carbocycles. The number of hydrogen-bond acceptors (Lipinski definition) is 5. The lowest BCUT2D eigenvalue weighted by Crippen LogP contribution is -2.22. The van der Waals surface area contributed by atoms with Gasteiger partial charge >= 0.3 is 0 Å². The number of carbonyl (C=O) groups is 1. The highest BCUT2D eigenvalue weighted by atomic mass is 35.5. The minimum atomic E-state index is -0.265. The van der Waals surface area contributed by atoms with E-state index < -0.39 is 0 Å². The number of aromatic hydroxyl groups is 1. The molecular formula is C23H21Cl2N5O2. The number of phenolic OH excluding ortho intramolecular Hbond substituents is 1. The van der Waals surface area contributed by atoms with E-state index in [1.807, 2.05) is 18.2 Å². The second kappa shape index (κ2) is 8.07. The van der Waals surface area contributed by atoms with Crippen LogP contribution in [0.15, 0.2) is 36.4 Å². The first kappa shape index (κ1) is 22.0. The summed E-state index contributed by atoms with van der Waals surface area (Å²) in [5.41, 5.74) is 3.35. The first-order chi connectivity index (χ1) is 15.0. The van der Waals surface area contributed by atoms with Crippen LogP contribution in [0.1, 0.15) is 39.0 Å². The van der Waals surface area contributed by atoms with Crippen molar-refractivity contribution in [2.75, 3.05) is 5.32 Å². The number of amides is 1. The minimum absolute atomic E-state index is 0.134. The van der Waals surface area contributed by atoms with E-state index in [4.69, 9.17) is 28.2 Å². The van der Waals surface area contributed by atoms with Crippen LogP contribution >= 0.6 is 23.2 Å². The Morgan fingerprint density at radius 3 is 2.28 bits per heavy atom. The van der Waals surface area contributed by atoms with Gasteiger partial charge in [0.1, 0.15) is 0 Å². The van der Waals surface area contributed by atoms with Crippen LogP contribution in [-0.4, -0.2) is 30.8 Å². The van der Waals surface area contributed by atoms with Gasteiger partial charge in [0.2, 0.25) is 5.91 Å². The lowest BCUT2D eigenvalue weighted by Gasteiger charge is -2.14. The molecule has 2 N–H and O–H groups in total. The zero-order valence-corrected chi connectivity index (χ0v) is 19.5. The Morgan fingerprint density at radius 1 is 1.09 bits per heavy atom. The van der Waals surface area contributed by atoms with Gasteiger partial charge in [-0.3, -0.25) is 4.79 Å². The maximum absolute atomic E-state index is 11.2. The average molecular weight is 470 g/mol. The molecule has 164 valence electrons. The Kier molecular flexibility index (Phi) is 5.56. The van der Waals surface area contributed by atoms with Gasteiger partial charge in [0.05, 0.1) is 15.7 Å². The first-order valence-corrected chi connectivity index (χ1v) is 10.6. The summed E-state index contributed by atoms with van der Waals surface area (Å²) in [5, 5.41) is 23.0. The van der Waals surface area contributed by atoms with Crippen molar-refractivity contribution >= 4 is 46.5 Å². The number of phenols is 1. The molecule has 4 rings (SSSR count). The van der Waals surface area contributed by atoms with Gasteiger partial charge in [0.15, 0.2) is 17.2 Å². The molecule has 0 atom stereocenters. The molecule has 0 saturated heterocycles. The highest BCUT2D eigenvalue weighted by Crippen LogP contribution is 2.33. The number of nitrogens with one attached hydrogen (secondary N) is 1. The van der Waals surface area contributed by atoms with E-state index >= 15 is 0 Å². The van der Waals surface area contributed by atoms with Crippen LogP contribution in [0.4, 0.5) is 5.69 Å². The lowest BCUT2D eigenvalue weighted by molar-refractivity contribution is -0.114. The maximum atomic E-state index is 11.2. The monoisotopic (exact) mass is 469 g/mol. The third kappa shape index (κ3) is 4.26. The number of halogens is 2. The number of nitrogens with zero attached hydrogens (tertiary/aromatic N) is 4. The fraction of sp³-hybridized carbons (Fsp3) is 0.217. The summed E-state index contributed by atoms with van der Waals surface area (Å²) < 4.78 is 1.52. The van der Waals surface area contributed by atoms with Crippen LogP contribution in [0.25, 0.3) is 23.1 Å². The van der Waals surface area contributed by atoms with E-state index in [9.17, 15) is 9.90 Å². The van der Waals surface area contributed by atoms with Crippen molar-refractivity contribution in [2.24, 2.45) is 0 Å². The number of anilines is 1. The Bertz CT molecular complexity index is 1370. The molecule has 0 aliphatic heterocycles. The third-order valence-corrected chi connectivity index (χ3v) is 5.38. The quantitative estimate of drug-likeness (QED) is 0.457. The normalized spacial score (nSPS) is 12.5. The largest absolute Gasteiger partial charge is 0.505 e. The van der Waals surface area contributed by atoms with Crippen molar-refractivity contribution in [3.63, 3.8) is 0 Å². The SMILES string of the molecule is CC(=O)Nc1ccc(-c2nc3c(=Cc4cc(Cl)c(O)c(Cl)c4)c(C(C)(C)C)nn3n2)cc1. The van der Waals surface area contributed by atoms with Gasteiger partial charge in [0, 0.05) is 28.8 Å². The predicted octanol–water partition coefficient (Wildman–Crippen LogP) is 4.61. The van der Waals surface area contributed by atoms with Gasteiger partial charge in [-0.1, -0.05) is 44.0 Å². The second-order valence-corrected chi connectivity index (χ2v) is 9.31. The summed E-state index contributed by atoms with van der Waals surface area (Å²) in [6.45, 7) is 7.64. The summed E-state index contributed by atoms with van der Waals surface area (Å²) in [6, 6.07) is 10.5. The van der Waals surface area contributed by atoms with Crippen molar-refractivity contribution in [2.45, 2.75) is 33.1 Å². The molecule has 2 heterocycles. The summed E-state index contributed by atoms with van der Waals surface area (Å²) in [6.07, 6.45) is 1.89. The van der Waals surface area contributed by atoms with Crippen molar-refractivity contribution < 1.29 is 9.90 Å². The molecule has 9 heteroatoms. The van der Waals surface area contributed by atoms with Crippen molar-refractivity contribution in [3.8, 4) is 17.1 Å². The first-order valence-electron chi connectivity index (χ1n) is 9.88. The Morgan fingerprint density at radius 2 is 1.72 bits per heavy atom. The predicted molar refractivity (Wildman–Crippen MR) is 126 cm³/mol. The van der Waals surface area contributed by atoms with Gasteiger partial charge in [-0.05, 0) is 48.0 Å². The van der Waals surface area contributed by atoms with Crippen molar-refractivity contribution in [1.82, 2.24) is 19.8 Å². The zero-order chi connectivity index (χ0) is 23.2. The minimum Gasteiger partial charge on any atom is -0.505 e. The molecule has 2 aromatic heterocycles. The molecule has 0 fully saturated rings. The topological polar surface area (TPSA) is 92.4 Å². The highest BCUT2D eigenvalue weighted by Gasteiger charge is 2.23. The van der Waals surface area contributed by atoms with E-state index in [-0.39, 0.29) is 27.1 Å². The van der Waals surface area contributed by atoms with Crippen LogP contribution in [0.5, 0.6) is 5.75 Å². The number of aromatic nitrogens is 4. The molecule has 0 spiro atoms. The fourth-order valence-corrected chi connectivity index (χ4v) is 3.85. The van der Waals surface area contributed by atoms with Gasteiger partial charge in [-0.25, -0.2) is 4.98 Å². The number of rotatable bonds is 3. The molecule has 4 aromatic rings. The fourth-order valence-electron chi connectivity index (χ4n) is 3.35. The molecule has 0 aliphatic rings. The molecule has 0 unspecified atom stereocenters. The van der Waals surface area contributed by atoms with Gasteiger partial charge in [-0.2, -0.15) is 5.10 Å². The average Bonchev–Trinajstić information content (AvgIpc) is 3.25.